The molecule has 1 N–H and O–H groups in total. The Balaban J connectivity index is 2.35. The molecule has 0 spiro atoms. The number of aliphatic hydroxyl groups is 1. The van der Waals surface area contributed by atoms with Crippen LogP contribution in [-0.2, 0) is 6.42 Å². The summed E-state index contributed by atoms with van der Waals surface area (Å²) in [6.45, 7) is 0.107. The van der Waals surface area contributed by atoms with E-state index in [1.165, 1.54) is 5.56 Å². The van der Waals surface area contributed by atoms with Gasteiger partial charge >= 0.3 is 0 Å². The van der Waals surface area contributed by atoms with Crippen LogP contribution in [0.3, 0.4) is 0 Å². The van der Waals surface area contributed by atoms with Crippen molar-refractivity contribution in [2.45, 2.75) is 6.42 Å². The summed E-state index contributed by atoms with van der Waals surface area (Å²) in [5.41, 5.74) is 1.30. The molecule has 0 aliphatic rings. The predicted octanol–water partition coefficient (Wildman–Crippen LogP) is 2.33. The van der Waals surface area contributed by atoms with Gasteiger partial charge in [0.15, 0.2) is 0 Å². The summed E-state index contributed by atoms with van der Waals surface area (Å²) >= 11 is 0. The monoisotopic (exact) mass is 174 g/mol. The third-order valence-electron chi connectivity index (χ3n) is 1.69. The van der Waals surface area contributed by atoms with E-state index in [0.717, 1.165) is 6.42 Å². The summed E-state index contributed by atoms with van der Waals surface area (Å²) in [6, 6.07) is 10.3. The van der Waals surface area contributed by atoms with Gasteiger partial charge in [0.1, 0.15) is 0 Å². The van der Waals surface area contributed by atoms with Gasteiger partial charge in [0.25, 0.3) is 0 Å². The highest BCUT2D eigenvalue weighted by atomic mass is 16.2. The molecule has 0 fully saturated rings. The maximum Gasteiger partial charge on any atom is 0.0615 e. The Labute approximate surface area is 79.0 Å². The Morgan fingerprint density at radius 1 is 1.00 bits per heavy atom. The van der Waals surface area contributed by atoms with Gasteiger partial charge in [-0.25, -0.2) is 0 Å². The average molecular weight is 174 g/mol. The molecule has 0 aromatic heterocycles. The standard InChI is InChI=1S/C12H14O/c13-11-7-2-1-4-8-12-9-5-3-6-10-12/h1-7,9-10,13H,8,11H2. The zero-order chi connectivity index (χ0) is 9.36. The molecule has 0 unspecified atom stereocenters. The normalized spacial score (nSPS) is 11.5. The molecule has 0 saturated heterocycles. The van der Waals surface area contributed by atoms with Crippen molar-refractivity contribution in [1.82, 2.24) is 0 Å². The van der Waals surface area contributed by atoms with Crippen LogP contribution >= 0.6 is 0 Å². The van der Waals surface area contributed by atoms with E-state index in [1.54, 1.807) is 6.08 Å². The third kappa shape index (κ3) is 4.28. The van der Waals surface area contributed by atoms with Crippen LogP contribution in [-0.4, -0.2) is 11.7 Å². The molecule has 13 heavy (non-hydrogen) atoms. The van der Waals surface area contributed by atoms with Gasteiger partial charge in [-0.3, -0.25) is 0 Å². The summed E-state index contributed by atoms with van der Waals surface area (Å²) < 4.78 is 0. The van der Waals surface area contributed by atoms with E-state index in [-0.39, 0.29) is 6.61 Å². The van der Waals surface area contributed by atoms with Gasteiger partial charge < -0.3 is 5.11 Å². The largest absolute Gasteiger partial charge is 0.392 e. The maximum absolute atomic E-state index is 8.46. The van der Waals surface area contributed by atoms with Crippen LogP contribution in [0.4, 0.5) is 0 Å². The highest BCUT2D eigenvalue weighted by Gasteiger charge is 1.83. The predicted molar refractivity (Wildman–Crippen MR) is 55.5 cm³/mol. The van der Waals surface area contributed by atoms with Crippen molar-refractivity contribution >= 4 is 0 Å². The van der Waals surface area contributed by atoms with Crippen LogP contribution in [0.1, 0.15) is 5.56 Å². The van der Waals surface area contributed by atoms with E-state index in [0.29, 0.717) is 0 Å². The van der Waals surface area contributed by atoms with Gasteiger partial charge in [-0.05, 0) is 12.0 Å². The molecule has 0 aliphatic carbocycles. The van der Waals surface area contributed by atoms with Crippen molar-refractivity contribution in [3.05, 3.63) is 60.2 Å². The van der Waals surface area contributed by atoms with Crippen LogP contribution in [0.2, 0.25) is 0 Å². The lowest BCUT2D eigenvalue weighted by atomic mass is 10.1. The van der Waals surface area contributed by atoms with E-state index in [9.17, 15) is 0 Å². The van der Waals surface area contributed by atoms with Crippen LogP contribution in [0.15, 0.2) is 54.6 Å². The molecule has 0 bridgehead atoms. The number of hydrogen-bond donors (Lipinski definition) is 1. The lowest BCUT2D eigenvalue weighted by Gasteiger charge is -1.92. The Morgan fingerprint density at radius 2 is 1.69 bits per heavy atom. The highest BCUT2D eigenvalue weighted by molar-refractivity contribution is 5.18. The summed E-state index contributed by atoms with van der Waals surface area (Å²) in [4.78, 5) is 0. The quantitative estimate of drug-likeness (QED) is 0.694. The fourth-order valence-corrected chi connectivity index (χ4v) is 1.04. The molecular weight excluding hydrogens is 160 g/mol. The fraction of sp³-hybridized carbons (Fsp3) is 0.167. The van der Waals surface area contributed by atoms with Crippen LogP contribution < -0.4 is 0 Å². The summed E-state index contributed by atoms with van der Waals surface area (Å²) in [5, 5.41) is 8.46. The molecular formula is C12H14O. The number of allylic oxidation sites excluding steroid dienone is 3. The van der Waals surface area contributed by atoms with Crippen LogP contribution in [0.5, 0.6) is 0 Å². The van der Waals surface area contributed by atoms with Crippen molar-refractivity contribution in [2.75, 3.05) is 6.61 Å². The summed E-state index contributed by atoms with van der Waals surface area (Å²) in [7, 11) is 0. The lowest BCUT2D eigenvalue weighted by Crippen LogP contribution is -1.77. The van der Waals surface area contributed by atoms with Gasteiger partial charge in [0.05, 0.1) is 6.61 Å². The minimum atomic E-state index is 0.107. The topological polar surface area (TPSA) is 20.2 Å². The smallest absolute Gasteiger partial charge is 0.0615 e. The van der Waals surface area contributed by atoms with Crippen LogP contribution in [0, 0.1) is 0 Å². The number of benzene rings is 1. The molecule has 0 radical (unpaired) electrons. The van der Waals surface area contributed by atoms with Crippen molar-refractivity contribution in [1.29, 1.82) is 0 Å². The van der Waals surface area contributed by atoms with E-state index in [4.69, 9.17) is 5.11 Å². The minimum absolute atomic E-state index is 0.107. The number of aliphatic hydroxyl groups excluding tert-OH is 1. The van der Waals surface area contributed by atoms with Gasteiger partial charge in [0, 0.05) is 0 Å². The SMILES string of the molecule is OCC=CC=CCc1ccccc1. The zero-order valence-electron chi connectivity index (χ0n) is 7.56. The first-order valence-corrected chi connectivity index (χ1v) is 4.40. The maximum atomic E-state index is 8.46. The molecule has 0 atom stereocenters. The summed E-state index contributed by atoms with van der Waals surface area (Å²) in [6.07, 6.45) is 8.52. The first kappa shape index (κ1) is 9.75. The highest BCUT2D eigenvalue weighted by Crippen LogP contribution is 1.99. The summed E-state index contributed by atoms with van der Waals surface area (Å²) in [5.74, 6) is 0. The van der Waals surface area contributed by atoms with E-state index >= 15 is 0 Å². The Morgan fingerprint density at radius 3 is 2.38 bits per heavy atom. The Bertz CT molecular complexity index is 272. The lowest BCUT2D eigenvalue weighted by molar-refractivity contribution is 0.343. The molecule has 0 saturated carbocycles. The Kier molecular flexibility index (Phi) is 4.65. The fourth-order valence-electron chi connectivity index (χ4n) is 1.04. The van der Waals surface area contributed by atoms with Crippen molar-refractivity contribution < 1.29 is 5.11 Å². The van der Waals surface area contributed by atoms with Gasteiger partial charge in [-0.1, -0.05) is 54.6 Å². The Hall–Kier alpha value is -1.34. The molecule has 1 rings (SSSR count). The van der Waals surface area contributed by atoms with Gasteiger partial charge in [-0.2, -0.15) is 0 Å². The third-order valence-corrected chi connectivity index (χ3v) is 1.69. The molecule has 1 aromatic rings. The van der Waals surface area contributed by atoms with Crippen molar-refractivity contribution in [3.8, 4) is 0 Å². The number of rotatable bonds is 4. The van der Waals surface area contributed by atoms with E-state index in [1.807, 2.05) is 30.4 Å². The molecule has 1 nitrogen and oxygen atoms in total. The molecule has 0 amide bonds. The van der Waals surface area contributed by atoms with Crippen molar-refractivity contribution in [3.63, 3.8) is 0 Å². The van der Waals surface area contributed by atoms with Gasteiger partial charge in [0.2, 0.25) is 0 Å². The first-order chi connectivity index (χ1) is 6.43. The van der Waals surface area contributed by atoms with Crippen LogP contribution in [0.25, 0.3) is 0 Å². The van der Waals surface area contributed by atoms with Crippen molar-refractivity contribution in [2.24, 2.45) is 0 Å². The second-order valence-electron chi connectivity index (χ2n) is 2.73. The molecule has 1 aromatic carbocycles. The zero-order valence-corrected chi connectivity index (χ0v) is 7.56. The first-order valence-electron chi connectivity index (χ1n) is 4.40. The second-order valence-corrected chi connectivity index (χ2v) is 2.73. The second kappa shape index (κ2) is 6.21. The van der Waals surface area contributed by atoms with Gasteiger partial charge in [-0.15, -0.1) is 0 Å². The van der Waals surface area contributed by atoms with E-state index < -0.39 is 0 Å². The van der Waals surface area contributed by atoms with E-state index in [2.05, 4.69) is 18.2 Å². The molecule has 0 heterocycles. The average Bonchev–Trinajstić information content (AvgIpc) is 2.19. The molecule has 1 heteroatoms. The number of hydrogen-bond acceptors (Lipinski definition) is 1. The molecule has 68 valence electrons. The molecule has 0 aliphatic heterocycles. The minimum Gasteiger partial charge on any atom is -0.392 e.